The molecule has 0 spiro atoms. The molecule has 0 atom stereocenters. The summed E-state index contributed by atoms with van der Waals surface area (Å²) in [5.74, 6) is 0. The van der Waals surface area contributed by atoms with Crippen molar-refractivity contribution in [2.45, 2.75) is 26.5 Å². The molecular formula is C11H15N3O2. The van der Waals surface area contributed by atoms with E-state index in [2.05, 4.69) is 5.10 Å². The summed E-state index contributed by atoms with van der Waals surface area (Å²) in [7, 11) is 0. The molecule has 16 heavy (non-hydrogen) atoms. The molecule has 0 aromatic carbocycles. The lowest BCUT2D eigenvalue weighted by Gasteiger charge is -2.05. The second-order valence-corrected chi connectivity index (χ2v) is 3.85. The minimum Gasteiger partial charge on any atom is -0.377 e. The SMILES string of the molecule is CC(C)OCCn1nc2ccccn2c1=O. The van der Waals surface area contributed by atoms with Gasteiger partial charge in [-0.05, 0) is 26.0 Å². The molecule has 0 aliphatic carbocycles. The Bertz CT molecular complexity index is 527. The lowest BCUT2D eigenvalue weighted by atomic mass is 10.5. The number of pyridine rings is 1. The highest BCUT2D eigenvalue weighted by molar-refractivity contribution is 5.35. The van der Waals surface area contributed by atoms with Crippen LogP contribution in [0.5, 0.6) is 0 Å². The second-order valence-electron chi connectivity index (χ2n) is 3.85. The predicted molar refractivity (Wildman–Crippen MR) is 60.5 cm³/mol. The smallest absolute Gasteiger partial charge is 0.350 e. The van der Waals surface area contributed by atoms with Gasteiger partial charge in [-0.2, -0.15) is 0 Å². The van der Waals surface area contributed by atoms with Crippen molar-refractivity contribution >= 4 is 5.65 Å². The van der Waals surface area contributed by atoms with E-state index in [0.29, 0.717) is 18.8 Å². The monoisotopic (exact) mass is 221 g/mol. The van der Waals surface area contributed by atoms with Gasteiger partial charge in [0.2, 0.25) is 0 Å². The van der Waals surface area contributed by atoms with Gasteiger partial charge in [-0.1, -0.05) is 6.07 Å². The van der Waals surface area contributed by atoms with E-state index in [-0.39, 0.29) is 11.8 Å². The third-order valence-corrected chi connectivity index (χ3v) is 2.24. The van der Waals surface area contributed by atoms with Crippen LogP contribution < -0.4 is 5.69 Å². The summed E-state index contributed by atoms with van der Waals surface area (Å²) >= 11 is 0. The van der Waals surface area contributed by atoms with Crippen LogP contribution in [-0.2, 0) is 11.3 Å². The number of hydrogen-bond acceptors (Lipinski definition) is 3. The van der Waals surface area contributed by atoms with Crippen molar-refractivity contribution in [1.29, 1.82) is 0 Å². The van der Waals surface area contributed by atoms with Crippen LogP contribution in [0.1, 0.15) is 13.8 Å². The standard InChI is InChI=1S/C11H15N3O2/c1-9(2)16-8-7-14-11(15)13-6-4-3-5-10(13)12-14/h3-6,9H,7-8H2,1-2H3. The minimum atomic E-state index is -0.122. The molecule has 0 amide bonds. The lowest BCUT2D eigenvalue weighted by molar-refractivity contribution is 0.0704. The molecule has 86 valence electrons. The zero-order chi connectivity index (χ0) is 11.5. The summed E-state index contributed by atoms with van der Waals surface area (Å²) in [6, 6.07) is 5.48. The van der Waals surface area contributed by atoms with Crippen molar-refractivity contribution in [3.05, 3.63) is 34.9 Å². The Morgan fingerprint density at radius 3 is 2.94 bits per heavy atom. The Labute approximate surface area is 93.3 Å². The van der Waals surface area contributed by atoms with Crippen LogP contribution in [0.15, 0.2) is 29.2 Å². The summed E-state index contributed by atoms with van der Waals surface area (Å²) in [5.41, 5.74) is 0.542. The van der Waals surface area contributed by atoms with Gasteiger partial charge in [-0.3, -0.25) is 4.40 Å². The first-order valence-electron chi connectivity index (χ1n) is 5.34. The highest BCUT2D eigenvalue weighted by atomic mass is 16.5. The predicted octanol–water partition coefficient (Wildman–Crippen LogP) is 0.921. The Balaban J connectivity index is 2.19. The zero-order valence-electron chi connectivity index (χ0n) is 9.46. The molecule has 0 N–H and O–H groups in total. The summed E-state index contributed by atoms with van der Waals surface area (Å²) in [5, 5.41) is 4.20. The fraction of sp³-hybridized carbons (Fsp3) is 0.455. The van der Waals surface area contributed by atoms with E-state index in [1.807, 2.05) is 26.0 Å². The fourth-order valence-corrected chi connectivity index (χ4v) is 1.49. The van der Waals surface area contributed by atoms with E-state index in [1.54, 1.807) is 12.3 Å². The minimum absolute atomic E-state index is 0.122. The number of ether oxygens (including phenoxy) is 1. The first kappa shape index (κ1) is 10.9. The maximum absolute atomic E-state index is 11.8. The Hall–Kier alpha value is -1.62. The number of rotatable bonds is 4. The second kappa shape index (κ2) is 4.49. The fourth-order valence-electron chi connectivity index (χ4n) is 1.49. The maximum Gasteiger partial charge on any atom is 0.350 e. The topological polar surface area (TPSA) is 48.5 Å². The zero-order valence-corrected chi connectivity index (χ0v) is 9.46. The average molecular weight is 221 g/mol. The third kappa shape index (κ3) is 2.14. The molecule has 2 heterocycles. The summed E-state index contributed by atoms with van der Waals surface area (Å²) in [4.78, 5) is 11.8. The molecule has 0 aliphatic heterocycles. The van der Waals surface area contributed by atoms with E-state index in [0.717, 1.165) is 0 Å². The van der Waals surface area contributed by atoms with Crippen molar-refractivity contribution in [3.8, 4) is 0 Å². The molecule has 2 rings (SSSR count). The largest absolute Gasteiger partial charge is 0.377 e. The highest BCUT2D eigenvalue weighted by Crippen LogP contribution is 1.95. The number of aromatic nitrogens is 3. The molecule has 0 radical (unpaired) electrons. The normalized spacial score (nSPS) is 11.4. The van der Waals surface area contributed by atoms with Gasteiger partial charge in [0.15, 0.2) is 5.65 Å². The van der Waals surface area contributed by atoms with Crippen LogP contribution in [0.4, 0.5) is 0 Å². The van der Waals surface area contributed by atoms with Gasteiger partial charge < -0.3 is 4.74 Å². The van der Waals surface area contributed by atoms with Crippen LogP contribution in [-0.4, -0.2) is 26.9 Å². The molecule has 2 aromatic heterocycles. The molecule has 0 fully saturated rings. The Morgan fingerprint density at radius 2 is 2.25 bits per heavy atom. The van der Waals surface area contributed by atoms with Gasteiger partial charge >= 0.3 is 5.69 Å². The number of fused-ring (bicyclic) bond motifs is 1. The quantitative estimate of drug-likeness (QED) is 0.771. The van der Waals surface area contributed by atoms with Gasteiger partial charge in [0.05, 0.1) is 19.3 Å². The average Bonchev–Trinajstić information content (AvgIpc) is 2.56. The van der Waals surface area contributed by atoms with Crippen LogP contribution in [0.2, 0.25) is 0 Å². The van der Waals surface area contributed by atoms with Crippen molar-refractivity contribution in [1.82, 2.24) is 14.2 Å². The molecule has 0 bridgehead atoms. The first-order valence-corrected chi connectivity index (χ1v) is 5.34. The molecule has 0 saturated heterocycles. The summed E-state index contributed by atoms with van der Waals surface area (Å²) in [6.45, 7) is 4.92. The molecule has 0 unspecified atom stereocenters. The van der Waals surface area contributed by atoms with Gasteiger partial charge in [0.1, 0.15) is 0 Å². The van der Waals surface area contributed by atoms with Crippen LogP contribution in [0.3, 0.4) is 0 Å². The number of nitrogens with zero attached hydrogens (tertiary/aromatic N) is 3. The van der Waals surface area contributed by atoms with E-state index < -0.39 is 0 Å². The molecule has 5 nitrogen and oxygen atoms in total. The molecule has 5 heteroatoms. The molecule has 0 aliphatic rings. The van der Waals surface area contributed by atoms with Crippen LogP contribution >= 0.6 is 0 Å². The van der Waals surface area contributed by atoms with Crippen molar-refractivity contribution < 1.29 is 4.74 Å². The van der Waals surface area contributed by atoms with Gasteiger partial charge in [0.25, 0.3) is 0 Å². The van der Waals surface area contributed by atoms with Crippen molar-refractivity contribution in [3.63, 3.8) is 0 Å². The number of hydrogen-bond donors (Lipinski definition) is 0. The third-order valence-electron chi connectivity index (χ3n) is 2.24. The maximum atomic E-state index is 11.8. The van der Waals surface area contributed by atoms with E-state index in [4.69, 9.17) is 4.74 Å². The van der Waals surface area contributed by atoms with Crippen LogP contribution in [0, 0.1) is 0 Å². The molecular weight excluding hydrogens is 206 g/mol. The first-order chi connectivity index (χ1) is 7.68. The summed E-state index contributed by atoms with van der Waals surface area (Å²) in [6.07, 6.45) is 1.89. The van der Waals surface area contributed by atoms with E-state index >= 15 is 0 Å². The Kier molecular flexibility index (Phi) is 3.05. The van der Waals surface area contributed by atoms with E-state index in [9.17, 15) is 4.79 Å². The summed E-state index contributed by atoms with van der Waals surface area (Å²) < 4.78 is 8.34. The van der Waals surface area contributed by atoms with Crippen LogP contribution in [0.25, 0.3) is 5.65 Å². The van der Waals surface area contributed by atoms with Crippen molar-refractivity contribution in [2.24, 2.45) is 0 Å². The highest BCUT2D eigenvalue weighted by Gasteiger charge is 2.05. The van der Waals surface area contributed by atoms with Gasteiger partial charge in [-0.25, -0.2) is 9.48 Å². The lowest BCUT2D eigenvalue weighted by Crippen LogP contribution is -2.23. The van der Waals surface area contributed by atoms with Crippen molar-refractivity contribution in [2.75, 3.05) is 6.61 Å². The van der Waals surface area contributed by atoms with Gasteiger partial charge in [0, 0.05) is 6.20 Å². The van der Waals surface area contributed by atoms with Gasteiger partial charge in [-0.15, -0.1) is 5.10 Å². The molecule has 2 aromatic rings. The van der Waals surface area contributed by atoms with E-state index in [1.165, 1.54) is 9.08 Å². The molecule has 0 saturated carbocycles. The Morgan fingerprint density at radius 1 is 1.44 bits per heavy atom.